The smallest absolute Gasteiger partial charge is 0.297 e. The second kappa shape index (κ2) is 5.53. The molecule has 0 radical (unpaired) electrons. The van der Waals surface area contributed by atoms with Crippen molar-refractivity contribution in [3.63, 3.8) is 0 Å². The molecule has 0 fully saturated rings. The molecule has 9 heteroatoms. The molecule has 0 spiro atoms. The Morgan fingerprint density at radius 3 is 3.00 bits per heavy atom. The third-order valence-electron chi connectivity index (χ3n) is 2.93. The predicted molar refractivity (Wildman–Crippen MR) is 81.6 cm³/mol. The lowest BCUT2D eigenvalue weighted by Crippen LogP contribution is -2.06. The molecule has 7 nitrogen and oxygen atoms in total. The molecule has 0 saturated heterocycles. The largest absolute Gasteiger partial charge is 0.468 e. The summed E-state index contributed by atoms with van der Waals surface area (Å²) in [6, 6.07) is 2.62. The van der Waals surface area contributed by atoms with Crippen LogP contribution >= 0.6 is 27.5 Å². The third-order valence-corrected chi connectivity index (χ3v) is 3.66. The van der Waals surface area contributed by atoms with Gasteiger partial charge in [0.15, 0.2) is 10.7 Å². The van der Waals surface area contributed by atoms with Crippen LogP contribution in [0.2, 0.25) is 5.15 Å². The van der Waals surface area contributed by atoms with Crippen LogP contribution in [0.15, 0.2) is 21.2 Å². The van der Waals surface area contributed by atoms with Crippen molar-refractivity contribution in [2.45, 2.75) is 6.54 Å². The Bertz CT molecular complexity index is 800. The van der Waals surface area contributed by atoms with Gasteiger partial charge in [-0.05, 0) is 15.9 Å². The predicted octanol–water partition coefficient (Wildman–Crippen LogP) is 2.99. The molecule has 3 heterocycles. The monoisotopic (exact) mass is 371 g/mol. The first kappa shape index (κ1) is 14.2. The van der Waals surface area contributed by atoms with Crippen LogP contribution < -0.4 is 10.1 Å². The summed E-state index contributed by atoms with van der Waals surface area (Å²) in [5.74, 6) is 0. The van der Waals surface area contributed by atoms with E-state index >= 15 is 0 Å². The number of pyridine rings is 1. The second-order valence-corrected chi connectivity index (χ2v) is 5.52. The van der Waals surface area contributed by atoms with E-state index in [2.05, 4.69) is 36.2 Å². The Balaban J connectivity index is 1.81. The number of hydrogen-bond acceptors (Lipinski definition) is 6. The second-order valence-electron chi connectivity index (χ2n) is 4.24. The van der Waals surface area contributed by atoms with E-state index in [1.807, 2.05) is 7.05 Å². The zero-order valence-electron chi connectivity index (χ0n) is 11.2. The van der Waals surface area contributed by atoms with Crippen LogP contribution in [0.3, 0.4) is 0 Å². The van der Waals surface area contributed by atoms with Crippen LogP contribution in [0, 0.1) is 0 Å². The molecule has 110 valence electrons. The first-order chi connectivity index (χ1) is 10.1. The lowest BCUT2D eigenvalue weighted by atomic mass is 10.4. The van der Waals surface area contributed by atoms with E-state index in [9.17, 15) is 0 Å². The van der Waals surface area contributed by atoms with Crippen LogP contribution in [0.1, 0.15) is 5.69 Å². The summed E-state index contributed by atoms with van der Waals surface area (Å²) in [6.45, 7) is 0.402. The highest BCUT2D eigenvalue weighted by atomic mass is 79.9. The van der Waals surface area contributed by atoms with Crippen molar-refractivity contribution in [2.24, 2.45) is 7.05 Å². The van der Waals surface area contributed by atoms with Gasteiger partial charge in [0.05, 0.1) is 19.3 Å². The van der Waals surface area contributed by atoms with Gasteiger partial charge in [0, 0.05) is 23.8 Å². The zero-order valence-corrected chi connectivity index (χ0v) is 13.6. The average Bonchev–Trinajstić information content (AvgIpc) is 2.97. The molecular weight excluding hydrogens is 362 g/mol. The topological polar surface area (TPSA) is 78.0 Å². The number of hydrogen-bond donors (Lipinski definition) is 1. The minimum absolute atomic E-state index is 0.367. The lowest BCUT2D eigenvalue weighted by molar-refractivity contribution is 0.364. The van der Waals surface area contributed by atoms with Crippen LogP contribution in [-0.4, -0.2) is 26.6 Å². The Morgan fingerprint density at radius 2 is 2.29 bits per heavy atom. The maximum absolute atomic E-state index is 6.07. The van der Waals surface area contributed by atoms with Crippen molar-refractivity contribution >= 4 is 44.8 Å². The Kier molecular flexibility index (Phi) is 3.73. The van der Waals surface area contributed by atoms with E-state index < -0.39 is 0 Å². The van der Waals surface area contributed by atoms with E-state index in [1.165, 1.54) is 0 Å². The van der Waals surface area contributed by atoms with Crippen molar-refractivity contribution in [1.82, 2.24) is 19.5 Å². The molecule has 1 N–H and O–H groups in total. The van der Waals surface area contributed by atoms with Gasteiger partial charge < -0.3 is 14.5 Å². The number of nitrogens with one attached hydrogen (secondary N) is 1. The van der Waals surface area contributed by atoms with Gasteiger partial charge in [0.25, 0.3) is 12.0 Å². The molecule has 21 heavy (non-hydrogen) atoms. The van der Waals surface area contributed by atoms with E-state index in [0.717, 1.165) is 10.2 Å². The number of rotatable bonds is 4. The molecule has 3 aromatic heterocycles. The highest BCUT2D eigenvalue weighted by molar-refractivity contribution is 9.10. The molecule has 0 aromatic carbocycles. The molecule has 0 unspecified atom stereocenters. The summed E-state index contributed by atoms with van der Waals surface area (Å²) < 4.78 is 13.3. The van der Waals surface area contributed by atoms with Crippen LogP contribution in [0.25, 0.3) is 11.2 Å². The normalized spacial score (nSPS) is 11.0. The fourth-order valence-corrected chi connectivity index (χ4v) is 2.46. The van der Waals surface area contributed by atoms with E-state index in [1.54, 1.807) is 23.9 Å². The number of halogens is 2. The number of imidazole rings is 1. The number of aromatic nitrogens is 4. The fraction of sp³-hybridized carbons (Fsp3) is 0.250. The van der Waals surface area contributed by atoms with E-state index in [-0.39, 0.29) is 0 Å². The SMILES string of the molecule is COc1nc(Cl)c(CNc2nc3ncc(Br)cc3o2)n1C. The number of oxazole rings is 1. The lowest BCUT2D eigenvalue weighted by Gasteiger charge is -2.04. The van der Waals surface area contributed by atoms with Crippen molar-refractivity contribution in [1.29, 1.82) is 0 Å². The number of ether oxygens (including phenoxy) is 1. The average molecular weight is 373 g/mol. The summed E-state index contributed by atoms with van der Waals surface area (Å²) in [4.78, 5) is 12.5. The van der Waals surface area contributed by atoms with Gasteiger partial charge in [-0.3, -0.25) is 4.57 Å². The molecule has 0 aliphatic heterocycles. The fourth-order valence-electron chi connectivity index (χ4n) is 1.88. The summed E-state index contributed by atoms with van der Waals surface area (Å²) in [6.07, 6.45) is 1.66. The molecule has 0 aliphatic carbocycles. The number of methoxy groups -OCH3 is 1. The standard InChI is InChI=1S/C12H11BrClN5O2/c1-19-7(9(14)17-12(19)20-2)5-16-11-18-10-8(21-11)3-6(13)4-15-10/h3-4H,5H2,1-2H3,(H,15,16,18). The van der Waals surface area contributed by atoms with E-state index in [4.69, 9.17) is 20.8 Å². The van der Waals surface area contributed by atoms with Gasteiger partial charge in [-0.2, -0.15) is 9.97 Å². The summed E-state index contributed by atoms with van der Waals surface area (Å²) in [5, 5.41) is 3.43. The molecule has 3 rings (SSSR count). The van der Waals surface area contributed by atoms with Gasteiger partial charge in [-0.25, -0.2) is 4.98 Å². The molecule has 0 amide bonds. The minimum atomic E-state index is 0.367. The number of nitrogens with zero attached hydrogens (tertiary/aromatic N) is 4. The summed E-state index contributed by atoms with van der Waals surface area (Å²) in [5.41, 5.74) is 1.90. The van der Waals surface area contributed by atoms with E-state index in [0.29, 0.717) is 35.0 Å². The van der Waals surface area contributed by atoms with Crippen molar-refractivity contribution in [3.8, 4) is 6.01 Å². The van der Waals surface area contributed by atoms with Gasteiger partial charge in [0.2, 0.25) is 5.65 Å². The number of fused-ring (bicyclic) bond motifs is 1. The van der Waals surface area contributed by atoms with Crippen molar-refractivity contribution in [3.05, 3.63) is 27.6 Å². The highest BCUT2D eigenvalue weighted by Crippen LogP contribution is 2.24. The number of anilines is 1. The van der Waals surface area contributed by atoms with Crippen molar-refractivity contribution in [2.75, 3.05) is 12.4 Å². The summed E-state index contributed by atoms with van der Waals surface area (Å²) in [7, 11) is 3.36. The Morgan fingerprint density at radius 1 is 1.48 bits per heavy atom. The molecule has 3 aromatic rings. The minimum Gasteiger partial charge on any atom is -0.468 e. The first-order valence-corrected chi connectivity index (χ1v) is 7.16. The first-order valence-electron chi connectivity index (χ1n) is 5.99. The molecular formula is C12H11BrClN5O2. The van der Waals surface area contributed by atoms with Gasteiger partial charge in [-0.15, -0.1) is 0 Å². The van der Waals surface area contributed by atoms with Gasteiger partial charge in [-0.1, -0.05) is 11.6 Å². The van der Waals surface area contributed by atoms with Crippen LogP contribution in [-0.2, 0) is 13.6 Å². The van der Waals surface area contributed by atoms with Crippen LogP contribution in [0.4, 0.5) is 6.01 Å². The Hall–Kier alpha value is -1.80. The maximum atomic E-state index is 6.07. The van der Waals surface area contributed by atoms with Crippen LogP contribution in [0.5, 0.6) is 6.01 Å². The quantitative estimate of drug-likeness (QED) is 0.758. The Labute approximate surface area is 133 Å². The van der Waals surface area contributed by atoms with Crippen molar-refractivity contribution < 1.29 is 9.15 Å². The maximum Gasteiger partial charge on any atom is 0.297 e. The molecule has 0 bridgehead atoms. The molecule has 0 saturated carbocycles. The molecule has 0 aliphatic rings. The van der Waals surface area contributed by atoms with Gasteiger partial charge in [0.1, 0.15) is 0 Å². The molecule has 0 atom stereocenters. The third kappa shape index (κ3) is 2.68. The van der Waals surface area contributed by atoms with Gasteiger partial charge >= 0.3 is 0 Å². The zero-order chi connectivity index (χ0) is 15.0. The summed E-state index contributed by atoms with van der Waals surface area (Å²) >= 11 is 9.41. The highest BCUT2D eigenvalue weighted by Gasteiger charge is 2.14.